The Morgan fingerprint density at radius 2 is 2.04 bits per heavy atom. The van der Waals surface area contributed by atoms with Gasteiger partial charge in [-0.2, -0.15) is 0 Å². The predicted octanol–water partition coefficient (Wildman–Crippen LogP) is 2.85. The van der Waals surface area contributed by atoms with Crippen molar-refractivity contribution in [1.82, 2.24) is 4.90 Å². The average molecular weight is 351 g/mol. The van der Waals surface area contributed by atoms with E-state index >= 15 is 0 Å². The second-order valence-electron chi connectivity index (χ2n) is 4.76. The highest BCUT2D eigenvalue weighted by molar-refractivity contribution is 8.26. The van der Waals surface area contributed by atoms with Crippen molar-refractivity contribution in [3.05, 3.63) is 34.7 Å². The van der Waals surface area contributed by atoms with Gasteiger partial charge in [-0.05, 0) is 30.2 Å². The summed E-state index contributed by atoms with van der Waals surface area (Å²) < 4.78 is 10.5. The fraction of sp³-hybridized carbons (Fsp3) is 0.312. The van der Waals surface area contributed by atoms with E-state index in [-0.39, 0.29) is 12.5 Å². The number of esters is 1. The summed E-state index contributed by atoms with van der Waals surface area (Å²) >= 11 is 6.36. The Bertz CT molecular complexity index is 640. The third kappa shape index (κ3) is 4.56. The Morgan fingerprint density at radius 3 is 2.65 bits per heavy atom. The monoisotopic (exact) mass is 351 g/mol. The lowest BCUT2D eigenvalue weighted by atomic mass is 10.2. The molecule has 1 heterocycles. The minimum absolute atomic E-state index is 0.148. The molecule has 23 heavy (non-hydrogen) atoms. The second kappa shape index (κ2) is 8.12. The highest BCUT2D eigenvalue weighted by atomic mass is 32.2. The lowest BCUT2D eigenvalue weighted by Gasteiger charge is -2.13. The van der Waals surface area contributed by atoms with Gasteiger partial charge in [-0.15, -0.1) is 0 Å². The van der Waals surface area contributed by atoms with Crippen molar-refractivity contribution in [3.63, 3.8) is 0 Å². The fourth-order valence-electron chi connectivity index (χ4n) is 1.88. The summed E-state index contributed by atoms with van der Waals surface area (Å²) in [6.07, 6.45) is 2.48. The molecule has 0 radical (unpaired) electrons. The quantitative estimate of drug-likeness (QED) is 0.446. The maximum absolute atomic E-state index is 12.4. The zero-order chi connectivity index (χ0) is 16.8. The zero-order valence-corrected chi connectivity index (χ0v) is 14.5. The fourth-order valence-corrected chi connectivity index (χ4v) is 3.13. The van der Waals surface area contributed by atoms with Crippen molar-refractivity contribution in [2.75, 3.05) is 20.3 Å². The molecule has 122 valence electrons. The van der Waals surface area contributed by atoms with Gasteiger partial charge in [0.1, 0.15) is 16.6 Å². The smallest absolute Gasteiger partial charge is 0.326 e. The van der Waals surface area contributed by atoms with Gasteiger partial charge in [0.05, 0.1) is 18.6 Å². The first kappa shape index (κ1) is 17.5. The first-order valence-electron chi connectivity index (χ1n) is 7.10. The number of rotatable bonds is 6. The third-order valence-corrected chi connectivity index (χ3v) is 4.42. The summed E-state index contributed by atoms with van der Waals surface area (Å²) in [5.74, 6) is 0.0199. The maximum Gasteiger partial charge on any atom is 0.326 e. The Labute approximate surface area is 144 Å². The summed E-state index contributed by atoms with van der Waals surface area (Å²) in [5, 5.41) is 0. The standard InChI is InChI=1S/C16H17NO4S2/c1-3-8-21-14(18)10-17-15(19)13(23-16(17)22)9-11-4-6-12(20-2)7-5-11/h4-7,9H,3,8,10H2,1-2H3. The Kier molecular flexibility index (Phi) is 6.18. The van der Waals surface area contributed by atoms with Crippen LogP contribution in [0.4, 0.5) is 0 Å². The molecule has 0 bridgehead atoms. The van der Waals surface area contributed by atoms with Gasteiger partial charge in [0, 0.05) is 0 Å². The highest BCUT2D eigenvalue weighted by Gasteiger charge is 2.33. The van der Waals surface area contributed by atoms with E-state index < -0.39 is 5.97 Å². The number of thiocarbonyl (C=S) groups is 1. The molecule has 1 aliphatic heterocycles. The van der Waals surface area contributed by atoms with E-state index in [2.05, 4.69) is 0 Å². The van der Waals surface area contributed by atoms with Crippen LogP contribution in [0.2, 0.25) is 0 Å². The topological polar surface area (TPSA) is 55.8 Å². The molecule has 0 saturated carbocycles. The molecule has 0 atom stereocenters. The Hall–Kier alpha value is -1.86. The van der Waals surface area contributed by atoms with Crippen LogP contribution in [-0.2, 0) is 14.3 Å². The van der Waals surface area contributed by atoms with Gasteiger partial charge in [-0.25, -0.2) is 0 Å². The van der Waals surface area contributed by atoms with Crippen molar-refractivity contribution in [3.8, 4) is 5.75 Å². The lowest BCUT2D eigenvalue weighted by Crippen LogP contribution is -2.34. The van der Waals surface area contributed by atoms with Crippen LogP contribution in [0, 0.1) is 0 Å². The molecule has 1 aromatic carbocycles. The third-order valence-electron chi connectivity index (χ3n) is 3.04. The van der Waals surface area contributed by atoms with Gasteiger partial charge >= 0.3 is 5.97 Å². The number of thioether (sulfide) groups is 1. The molecule has 1 aromatic rings. The van der Waals surface area contributed by atoms with Gasteiger partial charge in [0.15, 0.2) is 0 Å². The van der Waals surface area contributed by atoms with Crippen molar-refractivity contribution in [2.45, 2.75) is 13.3 Å². The van der Waals surface area contributed by atoms with Crippen LogP contribution in [0.25, 0.3) is 6.08 Å². The number of carbonyl (C=O) groups is 2. The Morgan fingerprint density at radius 1 is 1.35 bits per heavy atom. The number of benzene rings is 1. The van der Waals surface area contributed by atoms with E-state index in [1.165, 1.54) is 16.7 Å². The van der Waals surface area contributed by atoms with Gasteiger partial charge in [-0.1, -0.05) is 43.0 Å². The molecule has 0 unspecified atom stereocenters. The number of nitrogens with zero attached hydrogens (tertiary/aromatic N) is 1. The number of ether oxygens (including phenoxy) is 2. The summed E-state index contributed by atoms with van der Waals surface area (Å²) in [7, 11) is 1.59. The Balaban J connectivity index is 2.07. The van der Waals surface area contributed by atoms with Crippen molar-refractivity contribution < 1.29 is 19.1 Å². The van der Waals surface area contributed by atoms with Crippen molar-refractivity contribution >= 4 is 46.3 Å². The minimum Gasteiger partial charge on any atom is -0.497 e. The van der Waals surface area contributed by atoms with Crippen molar-refractivity contribution in [2.24, 2.45) is 0 Å². The zero-order valence-electron chi connectivity index (χ0n) is 12.9. The van der Waals surface area contributed by atoms with Gasteiger partial charge < -0.3 is 9.47 Å². The van der Waals surface area contributed by atoms with E-state index in [9.17, 15) is 9.59 Å². The SMILES string of the molecule is CCCOC(=O)CN1C(=O)C(=Cc2ccc(OC)cc2)SC1=S. The molecule has 1 amide bonds. The highest BCUT2D eigenvalue weighted by Crippen LogP contribution is 2.32. The van der Waals surface area contributed by atoms with E-state index in [0.29, 0.717) is 15.8 Å². The summed E-state index contributed by atoms with van der Waals surface area (Å²) in [4.78, 5) is 25.8. The minimum atomic E-state index is -0.450. The molecule has 1 saturated heterocycles. The van der Waals surface area contributed by atoms with Crippen LogP contribution in [0.1, 0.15) is 18.9 Å². The molecule has 0 aromatic heterocycles. The van der Waals surface area contributed by atoms with Gasteiger partial charge in [-0.3, -0.25) is 14.5 Å². The normalized spacial score (nSPS) is 16.1. The summed E-state index contributed by atoms with van der Waals surface area (Å²) in [6.45, 7) is 2.10. The maximum atomic E-state index is 12.4. The second-order valence-corrected chi connectivity index (χ2v) is 6.44. The van der Waals surface area contributed by atoms with Gasteiger partial charge in [0.25, 0.3) is 5.91 Å². The summed E-state index contributed by atoms with van der Waals surface area (Å²) in [5.41, 5.74) is 0.861. The lowest BCUT2D eigenvalue weighted by molar-refractivity contribution is -0.146. The average Bonchev–Trinajstić information content (AvgIpc) is 2.81. The number of hydrogen-bond acceptors (Lipinski definition) is 6. The summed E-state index contributed by atoms with van der Waals surface area (Å²) in [6, 6.07) is 7.32. The molecule has 5 nitrogen and oxygen atoms in total. The number of hydrogen-bond donors (Lipinski definition) is 0. The largest absolute Gasteiger partial charge is 0.497 e. The molecule has 0 aliphatic carbocycles. The molecule has 1 aliphatic rings. The van der Waals surface area contributed by atoms with E-state index in [4.69, 9.17) is 21.7 Å². The van der Waals surface area contributed by atoms with Crippen LogP contribution in [0.5, 0.6) is 5.75 Å². The molecule has 0 spiro atoms. The molecule has 1 fully saturated rings. The van der Waals surface area contributed by atoms with Crippen LogP contribution in [0.3, 0.4) is 0 Å². The molecular formula is C16H17NO4S2. The number of amides is 1. The van der Waals surface area contributed by atoms with Crippen LogP contribution >= 0.6 is 24.0 Å². The first-order chi connectivity index (χ1) is 11.0. The van der Waals surface area contributed by atoms with Crippen molar-refractivity contribution in [1.29, 1.82) is 0 Å². The van der Waals surface area contributed by atoms with E-state index in [1.54, 1.807) is 13.2 Å². The van der Waals surface area contributed by atoms with E-state index in [0.717, 1.165) is 17.7 Å². The predicted molar refractivity (Wildman–Crippen MR) is 94.1 cm³/mol. The van der Waals surface area contributed by atoms with Crippen LogP contribution in [-0.4, -0.2) is 41.4 Å². The first-order valence-corrected chi connectivity index (χ1v) is 8.32. The van der Waals surface area contributed by atoms with E-state index in [1.807, 2.05) is 31.2 Å². The number of carbonyl (C=O) groups excluding carboxylic acids is 2. The molecule has 2 rings (SSSR count). The van der Waals surface area contributed by atoms with Gasteiger partial charge in [0.2, 0.25) is 0 Å². The van der Waals surface area contributed by atoms with Crippen LogP contribution < -0.4 is 4.74 Å². The molecular weight excluding hydrogens is 334 g/mol. The number of methoxy groups -OCH3 is 1. The molecule has 7 heteroatoms. The molecule has 0 N–H and O–H groups in total. The van der Waals surface area contributed by atoms with Crippen LogP contribution in [0.15, 0.2) is 29.2 Å².